The highest BCUT2D eigenvalue weighted by Crippen LogP contribution is 2.26. The molecule has 0 spiro atoms. The quantitative estimate of drug-likeness (QED) is 0.669. The van der Waals surface area contributed by atoms with Gasteiger partial charge in [-0.15, -0.1) is 0 Å². The van der Waals surface area contributed by atoms with Gasteiger partial charge >= 0.3 is 0 Å². The van der Waals surface area contributed by atoms with Crippen LogP contribution in [-0.4, -0.2) is 5.91 Å². The normalized spacial score (nSPS) is 10.6. The average Bonchev–Trinajstić information content (AvgIpc) is 2.55. The lowest BCUT2D eigenvalue weighted by Crippen LogP contribution is -2.12. The van der Waals surface area contributed by atoms with E-state index >= 15 is 0 Å². The highest BCUT2D eigenvalue weighted by molar-refractivity contribution is 9.10. The van der Waals surface area contributed by atoms with Gasteiger partial charge in [-0.1, -0.05) is 59.3 Å². The summed E-state index contributed by atoms with van der Waals surface area (Å²) in [7, 11) is 0. The van der Waals surface area contributed by atoms with E-state index in [9.17, 15) is 4.79 Å². The summed E-state index contributed by atoms with van der Waals surface area (Å²) in [4.78, 5) is 12.6. The SMILES string of the molecule is CCc1ccc(NC(=O)c2cccc3c(Br)cccc23)cc1. The van der Waals surface area contributed by atoms with Crippen LogP contribution in [0.25, 0.3) is 10.8 Å². The Morgan fingerprint density at radius 2 is 1.64 bits per heavy atom. The summed E-state index contributed by atoms with van der Waals surface area (Å²) < 4.78 is 0.993. The summed E-state index contributed by atoms with van der Waals surface area (Å²) >= 11 is 3.53. The lowest BCUT2D eigenvalue weighted by Gasteiger charge is -2.09. The Bertz CT molecular complexity index is 824. The third-order valence-corrected chi connectivity index (χ3v) is 4.43. The van der Waals surface area contributed by atoms with Crippen molar-refractivity contribution < 1.29 is 4.79 Å². The highest BCUT2D eigenvalue weighted by Gasteiger charge is 2.11. The summed E-state index contributed by atoms with van der Waals surface area (Å²) in [5, 5.41) is 4.95. The fourth-order valence-corrected chi connectivity index (χ4v) is 2.99. The molecule has 0 aromatic heterocycles. The van der Waals surface area contributed by atoms with Gasteiger partial charge in [0.1, 0.15) is 0 Å². The van der Waals surface area contributed by atoms with Crippen LogP contribution in [0.4, 0.5) is 5.69 Å². The number of benzene rings is 3. The number of fused-ring (bicyclic) bond motifs is 1. The molecule has 22 heavy (non-hydrogen) atoms. The first-order valence-electron chi connectivity index (χ1n) is 7.26. The van der Waals surface area contributed by atoms with Crippen LogP contribution in [0.2, 0.25) is 0 Å². The van der Waals surface area contributed by atoms with Crippen molar-refractivity contribution in [3.8, 4) is 0 Å². The monoisotopic (exact) mass is 353 g/mol. The maximum absolute atomic E-state index is 12.6. The van der Waals surface area contributed by atoms with Crippen LogP contribution in [0.15, 0.2) is 65.1 Å². The number of amides is 1. The maximum Gasteiger partial charge on any atom is 0.256 e. The standard InChI is InChI=1S/C19H16BrNO/c1-2-13-9-11-14(12-10-13)21-19(22)17-7-3-6-16-15(17)5-4-8-18(16)20/h3-12H,2H2,1H3,(H,21,22). The smallest absolute Gasteiger partial charge is 0.256 e. The summed E-state index contributed by atoms with van der Waals surface area (Å²) in [6.45, 7) is 2.11. The second-order valence-electron chi connectivity index (χ2n) is 5.15. The van der Waals surface area contributed by atoms with Gasteiger partial charge in [0.15, 0.2) is 0 Å². The first-order chi connectivity index (χ1) is 10.7. The van der Waals surface area contributed by atoms with Crippen molar-refractivity contribution in [2.24, 2.45) is 0 Å². The average molecular weight is 354 g/mol. The number of anilines is 1. The van der Waals surface area contributed by atoms with Crippen LogP contribution in [0.3, 0.4) is 0 Å². The topological polar surface area (TPSA) is 29.1 Å². The summed E-state index contributed by atoms with van der Waals surface area (Å²) in [5.41, 5.74) is 2.75. The van der Waals surface area contributed by atoms with Crippen molar-refractivity contribution in [3.63, 3.8) is 0 Å². The van der Waals surface area contributed by atoms with Gasteiger partial charge in [-0.3, -0.25) is 4.79 Å². The Morgan fingerprint density at radius 3 is 2.36 bits per heavy atom. The molecule has 3 heteroatoms. The Labute approximate surface area is 138 Å². The number of carbonyl (C=O) groups is 1. The second kappa shape index (κ2) is 6.32. The molecular formula is C19H16BrNO. The fraction of sp³-hybridized carbons (Fsp3) is 0.105. The van der Waals surface area contributed by atoms with E-state index in [4.69, 9.17) is 0 Å². The van der Waals surface area contributed by atoms with Gasteiger partial charge in [-0.2, -0.15) is 0 Å². The molecule has 0 bridgehead atoms. The minimum atomic E-state index is -0.0899. The van der Waals surface area contributed by atoms with E-state index in [1.54, 1.807) is 0 Å². The van der Waals surface area contributed by atoms with Crippen molar-refractivity contribution in [1.29, 1.82) is 0 Å². The van der Waals surface area contributed by atoms with Crippen LogP contribution < -0.4 is 5.32 Å². The fourth-order valence-electron chi connectivity index (χ4n) is 2.49. The second-order valence-corrected chi connectivity index (χ2v) is 6.00. The molecule has 0 aliphatic heterocycles. The molecule has 0 saturated heterocycles. The summed E-state index contributed by atoms with van der Waals surface area (Å²) in [6, 6.07) is 19.6. The van der Waals surface area contributed by atoms with Crippen LogP contribution >= 0.6 is 15.9 Å². The van der Waals surface area contributed by atoms with E-state index in [-0.39, 0.29) is 5.91 Å². The zero-order valence-corrected chi connectivity index (χ0v) is 13.9. The minimum absolute atomic E-state index is 0.0899. The Balaban J connectivity index is 1.93. The van der Waals surface area contributed by atoms with Crippen molar-refractivity contribution in [2.45, 2.75) is 13.3 Å². The molecular weight excluding hydrogens is 338 g/mol. The Hall–Kier alpha value is -2.13. The molecule has 0 saturated carbocycles. The number of halogens is 1. The van der Waals surface area contributed by atoms with E-state index in [1.165, 1.54) is 5.56 Å². The van der Waals surface area contributed by atoms with Gasteiger partial charge in [0, 0.05) is 15.7 Å². The van der Waals surface area contributed by atoms with Gasteiger partial charge < -0.3 is 5.32 Å². The molecule has 3 rings (SSSR count). The molecule has 0 fully saturated rings. The number of hydrogen-bond donors (Lipinski definition) is 1. The number of nitrogens with one attached hydrogen (secondary N) is 1. The molecule has 0 aliphatic carbocycles. The summed E-state index contributed by atoms with van der Waals surface area (Å²) in [5.74, 6) is -0.0899. The number of carbonyl (C=O) groups excluding carboxylic acids is 1. The van der Waals surface area contributed by atoms with Gasteiger partial charge in [0.2, 0.25) is 0 Å². The molecule has 0 atom stereocenters. The van der Waals surface area contributed by atoms with Crippen LogP contribution in [0.5, 0.6) is 0 Å². The van der Waals surface area contributed by atoms with Gasteiger partial charge in [0.25, 0.3) is 5.91 Å². The van der Waals surface area contributed by atoms with E-state index in [0.717, 1.165) is 27.4 Å². The third-order valence-electron chi connectivity index (χ3n) is 3.73. The van der Waals surface area contributed by atoms with Crippen LogP contribution in [0, 0.1) is 0 Å². The maximum atomic E-state index is 12.6. The minimum Gasteiger partial charge on any atom is -0.322 e. The molecule has 1 amide bonds. The van der Waals surface area contributed by atoms with Crippen molar-refractivity contribution in [1.82, 2.24) is 0 Å². The Morgan fingerprint density at radius 1 is 0.955 bits per heavy atom. The number of hydrogen-bond acceptors (Lipinski definition) is 1. The number of aryl methyl sites for hydroxylation is 1. The van der Waals surface area contributed by atoms with E-state index in [1.807, 2.05) is 60.7 Å². The van der Waals surface area contributed by atoms with Crippen LogP contribution in [-0.2, 0) is 6.42 Å². The van der Waals surface area contributed by atoms with E-state index in [0.29, 0.717) is 5.56 Å². The highest BCUT2D eigenvalue weighted by atomic mass is 79.9. The van der Waals surface area contributed by atoms with Gasteiger partial charge in [-0.25, -0.2) is 0 Å². The Kier molecular flexibility index (Phi) is 4.25. The zero-order chi connectivity index (χ0) is 15.5. The molecule has 0 aliphatic rings. The van der Waals surface area contributed by atoms with Crippen molar-refractivity contribution >= 4 is 38.3 Å². The molecule has 110 valence electrons. The first kappa shape index (κ1) is 14.8. The molecule has 2 nitrogen and oxygen atoms in total. The lowest BCUT2D eigenvalue weighted by molar-refractivity contribution is 0.102. The molecule has 3 aromatic carbocycles. The largest absolute Gasteiger partial charge is 0.322 e. The molecule has 0 radical (unpaired) electrons. The van der Waals surface area contributed by atoms with E-state index in [2.05, 4.69) is 28.2 Å². The lowest BCUT2D eigenvalue weighted by atomic mass is 10.0. The van der Waals surface area contributed by atoms with Crippen molar-refractivity contribution in [2.75, 3.05) is 5.32 Å². The van der Waals surface area contributed by atoms with Gasteiger partial charge in [0.05, 0.1) is 0 Å². The first-order valence-corrected chi connectivity index (χ1v) is 8.06. The predicted octanol–water partition coefficient (Wildman–Crippen LogP) is 5.42. The molecule has 0 unspecified atom stereocenters. The van der Waals surface area contributed by atoms with Crippen LogP contribution in [0.1, 0.15) is 22.8 Å². The molecule has 1 N–H and O–H groups in total. The van der Waals surface area contributed by atoms with Gasteiger partial charge in [-0.05, 0) is 47.0 Å². The summed E-state index contributed by atoms with van der Waals surface area (Å²) in [6.07, 6.45) is 0.992. The molecule has 3 aromatic rings. The predicted molar refractivity (Wildman–Crippen MR) is 95.4 cm³/mol. The third kappa shape index (κ3) is 2.90. The van der Waals surface area contributed by atoms with Crippen molar-refractivity contribution in [3.05, 3.63) is 76.3 Å². The molecule has 0 heterocycles. The van der Waals surface area contributed by atoms with E-state index < -0.39 is 0 Å². The number of rotatable bonds is 3. The zero-order valence-electron chi connectivity index (χ0n) is 12.3.